The van der Waals surface area contributed by atoms with E-state index in [9.17, 15) is 9.59 Å². The Balaban J connectivity index is 2.11. The van der Waals surface area contributed by atoms with Crippen LogP contribution in [0.2, 0.25) is 0 Å². The van der Waals surface area contributed by atoms with E-state index >= 15 is 0 Å². The van der Waals surface area contributed by atoms with Gasteiger partial charge >= 0.3 is 5.97 Å². The van der Waals surface area contributed by atoms with Crippen LogP contribution in [0.3, 0.4) is 0 Å². The molecule has 0 aromatic carbocycles. The summed E-state index contributed by atoms with van der Waals surface area (Å²) in [5, 5.41) is 2.80. The molecule has 1 atom stereocenters. The summed E-state index contributed by atoms with van der Waals surface area (Å²) >= 11 is 0. The van der Waals surface area contributed by atoms with Crippen molar-refractivity contribution < 1.29 is 18.7 Å². The molecule has 0 saturated carbocycles. The van der Waals surface area contributed by atoms with Gasteiger partial charge in [-0.05, 0) is 59.7 Å². The van der Waals surface area contributed by atoms with Gasteiger partial charge < -0.3 is 19.0 Å². The van der Waals surface area contributed by atoms with Crippen molar-refractivity contribution in [2.75, 3.05) is 0 Å². The minimum absolute atomic E-state index is 0.315. The van der Waals surface area contributed by atoms with Gasteiger partial charge in [0.25, 0.3) is 5.91 Å². The lowest BCUT2D eigenvalue weighted by molar-refractivity contribution is -0.130. The summed E-state index contributed by atoms with van der Waals surface area (Å²) in [5.74, 6) is -0.0137. The monoisotopic (exact) mass is 346 g/mol. The molecular formula is C19H26N2O4. The molecule has 1 amide bonds. The summed E-state index contributed by atoms with van der Waals surface area (Å²) in [7, 11) is 0. The van der Waals surface area contributed by atoms with Gasteiger partial charge in [0.15, 0.2) is 6.10 Å². The van der Waals surface area contributed by atoms with E-state index in [0.29, 0.717) is 12.1 Å². The van der Waals surface area contributed by atoms with Crippen LogP contribution >= 0.6 is 0 Å². The first kappa shape index (κ1) is 18.8. The summed E-state index contributed by atoms with van der Waals surface area (Å²) in [6, 6.07) is 5.49. The summed E-state index contributed by atoms with van der Waals surface area (Å²) < 4.78 is 12.7. The van der Waals surface area contributed by atoms with Crippen molar-refractivity contribution >= 4 is 11.9 Å². The number of aryl methyl sites for hydroxylation is 1. The minimum Gasteiger partial charge on any atom is -0.467 e. The molecule has 2 heterocycles. The number of carbonyl (C=O) groups excluding carboxylic acids is 2. The topological polar surface area (TPSA) is 73.5 Å². The Morgan fingerprint density at radius 2 is 2.00 bits per heavy atom. The molecule has 6 heteroatoms. The maximum Gasteiger partial charge on any atom is 0.340 e. The molecule has 0 aliphatic rings. The van der Waals surface area contributed by atoms with Crippen molar-refractivity contribution in [3.05, 3.63) is 47.2 Å². The number of furan rings is 1. The van der Waals surface area contributed by atoms with Gasteiger partial charge in [-0.1, -0.05) is 0 Å². The number of esters is 1. The Bertz CT molecular complexity index is 751. The first-order chi connectivity index (χ1) is 11.6. The smallest absolute Gasteiger partial charge is 0.340 e. The summed E-state index contributed by atoms with van der Waals surface area (Å²) in [6.45, 7) is 11.5. The van der Waals surface area contributed by atoms with Gasteiger partial charge in [0, 0.05) is 16.9 Å². The highest BCUT2D eigenvalue weighted by molar-refractivity contribution is 5.93. The van der Waals surface area contributed by atoms with Gasteiger partial charge in [0.2, 0.25) is 0 Å². The third-order valence-corrected chi connectivity index (χ3v) is 3.84. The average molecular weight is 346 g/mol. The Labute approximate surface area is 148 Å². The van der Waals surface area contributed by atoms with Crippen LogP contribution in [0.25, 0.3) is 0 Å². The lowest BCUT2D eigenvalue weighted by Crippen LogP contribution is -2.46. The molecule has 1 N–H and O–H groups in total. The van der Waals surface area contributed by atoms with Crippen LogP contribution in [0.15, 0.2) is 28.9 Å². The second-order valence-corrected chi connectivity index (χ2v) is 7.24. The largest absolute Gasteiger partial charge is 0.467 e. The quantitative estimate of drug-likeness (QED) is 0.844. The molecule has 2 aromatic heterocycles. The predicted molar refractivity (Wildman–Crippen MR) is 94.5 cm³/mol. The van der Waals surface area contributed by atoms with E-state index in [0.717, 1.165) is 17.1 Å². The van der Waals surface area contributed by atoms with E-state index in [1.54, 1.807) is 19.3 Å². The fourth-order valence-electron chi connectivity index (χ4n) is 2.56. The summed E-state index contributed by atoms with van der Waals surface area (Å²) in [6.07, 6.45) is 0.758. The number of aromatic nitrogens is 1. The molecular weight excluding hydrogens is 320 g/mol. The normalized spacial score (nSPS) is 12.7. The molecule has 136 valence electrons. The van der Waals surface area contributed by atoms with Crippen molar-refractivity contribution in [3.63, 3.8) is 0 Å². The fourth-order valence-corrected chi connectivity index (χ4v) is 2.56. The van der Waals surface area contributed by atoms with Gasteiger partial charge in [0.1, 0.15) is 5.76 Å². The molecule has 0 unspecified atom stereocenters. The highest BCUT2D eigenvalue weighted by Gasteiger charge is 2.25. The van der Waals surface area contributed by atoms with E-state index in [1.807, 2.05) is 51.3 Å². The molecule has 0 bridgehead atoms. The van der Waals surface area contributed by atoms with Gasteiger partial charge in [0.05, 0.1) is 18.4 Å². The lowest BCUT2D eigenvalue weighted by Gasteiger charge is -2.23. The first-order valence-electron chi connectivity index (χ1n) is 8.30. The second kappa shape index (κ2) is 7.17. The highest BCUT2D eigenvalue weighted by atomic mass is 16.5. The minimum atomic E-state index is -0.861. The SMILES string of the molecule is Cc1cc(C(=O)O[C@@H](C)C(=O)NC(C)(C)C)c(C)n1Cc1ccco1. The average Bonchev–Trinajstić information content (AvgIpc) is 3.09. The third kappa shape index (κ3) is 4.75. The van der Waals surface area contributed by atoms with E-state index in [2.05, 4.69) is 5.32 Å². The van der Waals surface area contributed by atoms with Crippen molar-refractivity contribution in [1.82, 2.24) is 9.88 Å². The molecule has 0 aliphatic heterocycles. The highest BCUT2D eigenvalue weighted by Crippen LogP contribution is 2.19. The van der Waals surface area contributed by atoms with Crippen LogP contribution in [-0.4, -0.2) is 28.1 Å². The van der Waals surface area contributed by atoms with Gasteiger partial charge in [-0.3, -0.25) is 4.79 Å². The summed E-state index contributed by atoms with van der Waals surface area (Å²) in [5.41, 5.74) is 1.78. The Morgan fingerprint density at radius 1 is 1.32 bits per heavy atom. The molecule has 0 aliphatic carbocycles. The molecule has 25 heavy (non-hydrogen) atoms. The van der Waals surface area contributed by atoms with Crippen LogP contribution in [0.5, 0.6) is 0 Å². The molecule has 6 nitrogen and oxygen atoms in total. The van der Waals surface area contributed by atoms with E-state index in [4.69, 9.17) is 9.15 Å². The summed E-state index contributed by atoms with van der Waals surface area (Å²) in [4.78, 5) is 24.6. The maximum absolute atomic E-state index is 12.5. The third-order valence-electron chi connectivity index (χ3n) is 3.84. The molecule has 0 spiro atoms. The van der Waals surface area contributed by atoms with E-state index in [1.165, 1.54) is 0 Å². The maximum atomic E-state index is 12.5. The number of ether oxygens (including phenoxy) is 1. The zero-order valence-corrected chi connectivity index (χ0v) is 15.7. The molecule has 0 saturated heterocycles. The standard InChI is InChI=1S/C19H26N2O4/c1-12-10-16(13(2)21(12)11-15-8-7-9-24-15)18(23)25-14(3)17(22)20-19(4,5)6/h7-10,14H,11H2,1-6H3,(H,20,22)/t14-/m0/s1. The lowest BCUT2D eigenvalue weighted by atomic mass is 10.1. The second-order valence-electron chi connectivity index (χ2n) is 7.24. The number of amides is 1. The van der Waals surface area contributed by atoms with Crippen LogP contribution in [-0.2, 0) is 16.1 Å². The zero-order chi connectivity index (χ0) is 18.8. The van der Waals surface area contributed by atoms with Crippen LogP contribution in [0, 0.1) is 13.8 Å². The van der Waals surface area contributed by atoms with E-state index in [-0.39, 0.29) is 11.4 Å². The van der Waals surface area contributed by atoms with Gasteiger partial charge in [-0.15, -0.1) is 0 Å². The van der Waals surface area contributed by atoms with Crippen LogP contribution < -0.4 is 5.32 Å². The Hall–Kier alpha value is -2.50. The first-order valence-corrected chi connectivity index (χ1v) is 8.30. The van der Waals surface area contributed by atoms with Crippen molar-refractivity contribution in [3.8, 4) is 0 Å². The van der Waals surface area contributed by atoms with Crippen molar-refractivity contribution in [1.29, 1.82) is 0 Å². The number of hydrogen-bond acceptors (Lipinski definition) is 4. The number of rotatable bonds is 5. The van der Waals surface area contributed by atoms with Crippen LogP contribution in [0.1, 0.15) is 55.2 Å². The van der Waals surface area contributed by atoms with Gasteiger partial charge in [-0.25, -0.2) is 4.79 Å². The molecule has 0 fully saturated rings. The molecule has 2 aromatic rings. The number of nitrogens with zero attached hydrogens (tertiary/aromatic N) is 1. The number of nitrogens with one attached hydrogen (secondary N) is 1. The Morgan fingerprint density at radius 3 is 2.56 bits per heavy atom. The van der Waals surface area contributed by atoms with E-state index < -0.39 is 12.1 Å². The zero-order valence-electron chi connectivity index (χ0n) is 15.7. The van der Waals surface area contributed by atoms with Crippen molar-refractivity contribution in [2.24, 2.45) is 0 Å². The predicted octanol–water partition coefficient (Wildman–Crippen LogP) is 3.21. The Kier molecular flexibility index (Phi) is 5.40. The fraction of sp³-hybridized carbons (Fsp3) is 0.474. The number of carbonyl (C=O) groups is 2. The molecule has 0 radical (unpaired) electrons. The van der Waals surface area contributed by atoms with Crippen molar-refractivity contribution in [2.45, 2.75) is 59.7 Å². The number of hydrogen-bond donors (Lipinski definition) is 1. The van der Waals surface area contributed by atoms with Crippen LogP contribution in [0.4, 0.5) is 0 Å². The van der Waals surface area contributed by atoms with Gasteiger partial charge in [-0.2, -0.15) is 0 Å². The molecule has 2 rings (SSSR count).